The fraction of sp³-hybridized carbons (Fsp3) is 0.562. The van der Waals surface area contributed by atoms with Crippen LogP contribution in [0.2, 0.25) is 0 Å². The van der Waals surface area contributed by atoms with Crippen LogP contribution in [0.1, 0.15) is 48.7 Å². The Kier molecular flexibility index (Phi) is 4.00. The Balaban J connectivity index is 1.71. The number of nitrogens with zero attached hydrogens (tertiary/aromatic N) is 4. The number of carbonyl (C=O) groups excluding carboxylic acids is 1. The zero-order valence-corrected chi connectivity index (χ0v) is 13.5. The van der Waals surface area contributed by atoms with E-state index in [-0.39, 0.29) is 5.91 Å². The molecule has 1 aliphatic carbocycles. The molecule has 0 atom stereocenters. The van der Waals surface area contributed by atoms with Gasteiger partial charge >= 0.3 is 0 Å². The second kappa shape index (κ2) is 5.94. The normalized spacial score (nSPS) is 15.4. The first kappa shape index (κ1) is 14.8. The molecule has 1 aliphatic rings. The fourth-order valence-corrected chi connectivity index (χ4v) is 3.27. The van der Waals surface area contributed by atoms with E-state index in [0.717, 1.165) is 35.6 Å². The molecule has 2 aromatic rings. The molecule has 0 aliphatic heterocycles. The minimum Gasteiger partial charge on any atom is -0.311 e. The molecule has 3 rings (SSSR count). The zero-order chi connectivity index (χ0) is 15.7. The van der Waals surface area contributed by atoms with Crippen LogP contribution in [-0.4, -0.2) is 25.5 Å². The maximum Gasteiger partial charge on any atom is 0.230 e. The second-order valence-electron chi connectivity index (χ2n) is 6.10. The van der Waals surface area contributed by atoms with Gasteiger partial charge in [-0.25, -0.2) is 4.68 Å². The standard InChI is InChI=1S/C16H23N5O/c1-11-14(12(2)20(3)19-11)10-16(22)18-15-8-9-17-21(15)13-6-4-5-7-13/h8-9,13H,4-7,10H2,1-3H3,(H,18,22). The molecule has 0 aromatic carbocycles. The fourth-order valence-electron chi connectivity index (χ4n) is 3.27. The Morgan fingerprint density at radius 2 is 2.09 bits per heavy atom. The van der Waals surface area contributed by atoms with Crippen LogP contribution in [0.3, 0.4) is 0 Å². The Hall–Kier alpha value is -2.11. The molecule has 1 fully saturated rings. The van der Waals surface area contributed by atoms with Crippen LogP contribution < -0.4 is 5.32 Å². The largest absolute Gasteiger partial charge is 0.311 e. The molecule has 6 heteroatoms. The summed E-state index contributed by atoms with van der Waals surface area (Å²) in [5, 5.41) is 11.7. The van der Waals surface area contributed by atoms with Gasteiger partial charge in [0.1, 0.15) is 5.82 Å². The Labute approximate surface area is 130 Å². The maximum atomic E-state index is 12.4. The van der Waals surface area contributed by atoms with E-state index in [2.05, 4.69) is 15.5 Å². The predicted octanol–water partition coefficient (Wildman–Crippen LogP) is 2.53. The summed E-state index contributed by atoms with van der Waals surface area (Å²) in [6.45, 7) is 3.93. The number of hydrogen-bond acceptors (Lipinski definition) is 3. The van der Waals surface area contributed by atoms with Crippen molar-refractivity contribution in [1.29, 1.82) is 0 Å². The lowest BCUT2D eigenvalue weighted by molar-refractivity contribution is -0.115. The molecule has 1 amide bonds. The van der Waals surface area contributed by atoms with Gasteiger partial charge in [-0.15, -0.1) is 0 Å². The van der Waals surface area contributed by atoms with Crippen molar-refractivity contribution in [2.24, 2.45) is 7.05 Å². The van der Waals surface area contributed by atoms with Crippen LogP contribution in [0.15, 0.2) is 12.3 Å². The quantitative estimate of drug-likeness (QED) is 0.943. The number of hydrogen-bond donors (Lipinski definition) is 1. The average molecular weight is 301 g/mol. The summed E-state index contributed by atoms with van der Waals surface area (Å²) in [6, 6.07) is 2.30. The lowest BCUT2D eigenvalue weighted by Crippen LogP contribution is -2.19. The predicted molar refractivity (Wildman–Crippen MR) is 84.7 cm³/mol. The molecule has 2 heterocycles. The van der Waals surface area contributed by atoms with E-state index in [9.17, 15) is 4.79 Å². The molecule has 6 nitrogen and oxygen atoms in total. The third kappa shape index (κ3) is 2.77. The first-order valence-corrected chi connectivity index (χ1v) is 7.88. The monoisotopic (exact) mass is 301 g/mol. The topological polar surface area (TPSA) is 64.7 Å². The number of amides is 1. The summed E-state index contributed by atoms with van der Waals surface area (Å²) >= 11 is 0. The van der Waals surface area contributed by atoms with Crippen LogP contribution >= 0.6 is 0 Å². The van der Waals surface area contributed by atoms with Crippen molar-refractivity contribution in [3.63, 3.8) is 0 Å². The van der Waals surface area contributed by atoms with Gasteiger partial charge in [-0.3, -0.25) is 9.48 Å². The number of aromatic nitrogens is 4. The molecule has 1 saturated carbocycles. The van der Waals surface area contributed by atoms with Gasteiger partial charge in [-0.2, -0.15) is 10.2 Å². The highest BCUT2D eigenvalue weighted by Crippen LogP contribution is 2.31. The molecular formula is C16H23N5O. The van der Waals surface area contributed by atoms with Crippen molar-refractivity contribution >= 4 is 11.7 Å². The van der Waals surface area contributed by atoms with Crippen LogP contribution in [0.5, 0.6) is 0 Å². The first-order valence-electron chi connectivity index (χ1n) is 7.88. The Bertz CT molecular complexity index is 679. The third-order valence-corrected chi connectivity index (χ3v) is 4.60. The highest BCUT2D eigenvalue weighted by Gasteiger charge is 2.21. The van der Waals surface area contributed by atoms with Crippen LogP contribution in [-0.2, 0) is 18.3 Å². The molecule has 0 bridgehead atoms. The molecule has 0 radical (unpaired) electrons. The van der Waals surface area contributed by atoms with Gasteiger partial charge in [0.25, 0.3) is 0 Å². The molecule has 0 unspecified atom stereocenters. The lowest BCUT2D eigenvalue weighted by atomic mass is 10.1. The summed E-state index contributed by atoms with van der Waals surface area (Å²) in [7, 11) is 1.90. The van der Waals surface area contributed by atoms with Gasteiger partial charge in [0.05, 0.1) is 24.4 Å². The minimum atomic E-state index is -0.0149. The van der Waals surface area contributed by atoms with Crippen molar-refractivity contribution in [3.8, 4) is 0 Å². The Morgan fingerprint density at radius 1 is 1.36 bits per heavy atom. The molecule has 22 heavy (non-hydrogen) atoms. The van der Waals surface area contributed by atoms with E-state index in [4.69, 9.17) is 0 Å². The summed E-state index contributed by atoms with van der Waals surface area (Å²) in [5.41, 5.74) is 2.96. The smallest absolute Gasteiger partial charge is 0.230 e. The van der Waals surface area contributed by atoms with Gasteiger partial charge in [0.2, 0.25) is 5.91 Å². The van der Waals surface area contributed by atoms with E-state index in [0.29, 0.717) is 12.5 Å². The number of aryl methyl sites for hydroxylation is 2. The highest BCUT2D eigenvalue weighted by atomic mass is 16.1. The SMILES string of the molecule is Cc1nn(C)c(C)c1CC(=O)Nc1ccnn1C1CCCC1. The van der Waals surface area contributed by atoms with Crippen LogP contribution in [0.25, 0.3) is 0 Å². The molecule has 2 aromatic heterocycles. The number of anilines is 1. The highest BCUT2D eigenvalue weighted by molar-refractivity contribution is 5.91. The van der Waals surface area contributed by atoms with Crippen LogP contribution in [0.4, 0.5) is 5.82 Å². The summed E-state index contributed by atoms with van der Waals surface area (Å²) in [4.78, 5) is 12.4. The average Bonchev–Trinajstić information content (AvgIpc) is 3.17. The number of rotatable bonds is 4. The van der Waals surface area contributed by atoms with E-state index in [1.807, 2.05) is 36.3 Å². The van der Waals surface area contributed by atoms with Crippen molar-refractivity contribution in [3.05, 3.63) is 29.2 Å². The lowest BCUT2D eigenvalue weighted by Gasteiger charge is -2.14. The zero-order valence-electron chi connectivity index (χ0n) is 13.5. The number of nitrogens with one attached hydrogen (secondary N) is 1. The molecule has 1 N–H and O–H groups in total. The summed E-state index contributed by atoms with van der Waals surface area (Å²) < 4.78 is 3.79. The summed E-state index contributed by atoms with van der Waals surface area (Å²) in [6.07, 6.45) is 6.88. The van der Waals surface area contributed by atoms with Gasteiger partial charge in [-0.05, 0) is 26.7 Å². The van der Waals surface area contributed by atoms with Gasteiger partial charge in [0, 0.05) is 24.4 Å². The van der Waals surface area contributed by atoms with Crippen molar-refractivity contribution in [1.82, 2.24) is 19.6 Å². The second-order valence-corrected chi connectivity index (χ2v) is 6.10. The minimum absolute atomic E-state index is 0.0149. The third-order valence-electron chi connectivity index (χ3n) is 4.60. The van der Waals surface area contributed by atoms with E-state index in [1.54, 1.807) is 6.20 Å². The van der Waals surface area contributed by atoms with E-state index in [1.165, 1.54) is 12.8 Å². The molecule has 0 saturated heterocycles. The van der Waals surface area contributed by atoms with E-state index < -0.39 is 0 Å². The first-order chi connectivity index (χ1) is 10.6. The van der Waals surface area contributed by atoms with Gasteiger partial charge in [-0.1, -0.05) is 12.8 Å². The van der Waals surface area contributed by atoms with Gasteiger partial charge in [0.15, 0.2) is 0 Å². The van der Waals surface area contributed by atoms with Crippen molar-refractivity contribution in [2.45, 2.75) is 52.0 Å². The van der Waals surface area contributed by atoms with Crippen molar-refractivity contribution < 1.29 is 4.79 Å². The molecule has 118 valence electrons. The van der Waals surface area contributed by atoms with Crippen molar-refractivity contribution in [2.75, 3.05) is 5.32 Å². The van der Waals surface area contributed by atoms with E-state index >= 15 is 0 Å². The maximum absolute atomic E-state index is 12.4. The van der Waals surface area contributed by atoms with Gasteiger partial charge < -0.3 is 5.32 Å². The molecular weight excluding hydrogens is 278 g/mol. The Morgan fingerprint density at radius 3 is 2.73 bits per heavy atom. The molecule has 0 spiro atoms. The number of carbonyl (C=O) groups is 1. The summed E-state index contributed by atoms with van der Waals surface area (Å²) in [5.74, 6) is 0.787. The van der Waals surface area contributed by atoms with Crippen LogP contribution in [0, 0.1) is 13.8 Å².